The van der Waals surface area contributed by atoms with Gasteiger partial charge in [0.2, 0.25) is 0 Å². The second-order valence-corrected chi connectivity index (χ2v) is 5.04. The Labute approximate surface area is 113 Å². The predicted octanol–water partition coefficient (Wildman–Crippen LogP) is 3.75. The van der Waals surface area contributed by atoms with Crippen molar-refractivity contribution in [3.05, 3.63) is 34.3 Å². The van der Waals surface area contributed by atoms with Gasteiger partial charge in [0.15, 0.2) is 0 Å². The molecule has 0 bridgehead atoms. The van der Waals surface area contributed by atoms with E-state index in [0.717, 1.165) is 37.2 Å². The molecule has 0 unspecified atom stereocenters. The van der Waals surface area contributed by atoms with E-state index in [9.17, 15) is 0 Å². The third kappa shape index (κ3) is 7.53. The Morgan fingerprint density at radius 1 is 1.24 bits per heavy atom. The molecule has 0 spiro atoms. The van der Waals surface area contributed by atoms with Crippen LogP contribution in [0.2, 0.25) is 0 Å². The summed E-state index contributed by atoms with van der Waals surface area (Å²) in [4.78, 5) is 0. The van der Waals surface area contributed by atoms with Crippen molar-refractivity contribution in [2.24, 2.45) is 0 Å². The quantitative estimate of drug-likeness (QED) is 0.701. The average Bonchev–Trinajstić information content (AvgIpc) is 2.33. The molecule has 0 aliphatic heterocycles. The molecule has 0 aromatic heterocycles. The SMILES string of the molecule is CCCCOCCCNCc1cccc(Br)c1. The van der Waals surface area contributed by atoms with Crippen molar-refractivity contribution >= 4 is 15.9 Å². The Bertz CT molecular complexity index is 304. The highest BCUT2D eigenvalue weighted by molar-refractivity contribution is 9.10. The predicted molar refractivity (Wildman–Crippen MR) is 76.2 cm³/mol. The number of unbranched alkanes of at least 4 members (excludes halogenated alkanes) is 1. The first-order chi connectivity index (χ1) is 8.33. The Hall–Kier alpha value is -0.380. The molecule has 1 aromatic rings. The summed E-state index contributed by atoms with van der Waals surface area (Å²) in [6, 6.07) is 8.39. The molecule has 0 aliphatic rings. The van der Waals surface area contributed by atoms with Gasteiger partial charge in [0, 0.05) is 24.2 Å². The number of hydrogen-bond donors (Lipinski definition) is 1. The lowest BCUT2D eigenvalue weighted by Crippen LogP contribution is -2.16. The zero-order valence-corrected chi connectivity index (χ0v) is 12.1. The van der Waals surface area contributed by atoms with Crippen LogP contribution in [0, 0.1) is 0 Å². The first kappa shape index (κ1) is 14.7. The fraction of sp³-hybridized carbons (Fsp3) is 0.571. The minimum Gasteiger partial charge on any atom is -0.381 e. The smallest absolute Gasteiger partial charge is 0.0478 e. The van der Waals surface area contributed by atoms with E-state index in [-0.39, 0.29) is 0 Å². The Balaban J connectivity index is 1.97. The van der Waals surface area contributed by atoms with E-state index in [1.54, 1.807) is 0 Å². The van der Waals surface area contributed by atoms with Crippen LogP contribution in [-0.4, -0.2) is 19.8 Å². The van der Waals surface area contributed by atoms with E-state index in [2.05, 4.69) is 46.4 Å². The van der Waals surface area contributed by atoms with E-state index in [1.165, 1.54) is 18.4 Å². The molecular formula is C14H22BrNO. The van der Waals surface area contributed by atoms with Crippen molar-refractivity contribution in [3.8, 4) is 0 Å². The molecule has 0 atom stereocenters. The molecule has 0 radical (unpaired) electrons. The van der Waals surface area contributed by atoms with E-state index in [1.807, 2.05) is 6.07 Å². The van der Waals surface area contributed by atoms with Crippen molar-refractivity contribution in [1.29, 1.82) is 0 Å². The third-order valence-electron chi connectivity index (χ3n) is 2.50. The summed E-state index contributed by atoms with van der Waals surface area (Å²) in [5, 5.41) is 3.42. The topological polar surface area (TPSA) is 21.3 Å². The maximum Gasteiger partial charge on any atom is 0.0478 e. The summed E-state index contributed by atoms with van der Waals surface area (Å²) < 4.78 is 6.64. The minimum absolute atomic E-state index is 0.867. The highest BCUT2D eigenvalue weighted by Gasteiger charge is 1.94. The Morgan fingerprint density at radius 3 is 2.82 bits per heavy atom. The average molecular weight is 300 g/mol. The molecule has 0 aliphatic carbocycles. The first-order valence-electron chi connectivity index (χ1n) is 6.36. The maximum absolute atomic E-state index is 5.50. The summed E-state index contributed by atoms with van der Waals surface area (Å²) >= 11 is 3.47. The first-order valence-corrected chi connectivity index (χ1v) is 7.15. The lowest BCUT2D eigenvalue weighted by molar-refractivity contribution is 0.129. The van der Waals surface area contributed by atoms with E-state index >= 15 is 0 Å². The molecule has 3 heteroatoms. The molecular weight excluding hydrogens is 278 g/mol. The van der Waals surface area contributed by atoms with Gasteiger partial charge in [-0.1, -0.05) is 41.4 Å². The fourth-order valence-corrected chi connectivity index (χ4v) is 1.97. The second kappa shape index (κ2) is 9.63. The largest absolute Gasteiger partial charge is 0.381 e. The Morgan fingerprint density at radius 2 is 2.06 bits per heavy atom. The highest BCUT2D eigenvalue weighted by Crippen LogP contribution is 2.11. The molecule has 0 saturated heterocycles. The van der Waals surface area contributed by atoms with Crippen LogP contribution < -0.4 is 5.32 Å². The molecule has 1 N–H and O–H groups in total. The maximum atomic E-state index is 5.50. The lowest BCUT2D eigenvalue weighted by atomic mass is 10.2. The molecule has 0 amide bonds. The monoisotopic (exact) mass is 299 g/mol. The van der Waals surface area contributed by atoms with Crippen LogP contribution in [0.1, 0.15) is 31.7 Å². The van der Waals surface area contributed by atoms with Crippen LogP contribution in [-0.2, 0) is 11.3 Å². The third-order valence-corrected chi connectivity index (χ3v) is 3.00. The number of benzene rings is 1. The van der Waals surface area contributed by atoms with Gasteiger partial charge in [0.1, 0.15) is 0 Å². The molecule has 2 nitrogen and oxygen atoms in total. The van der Waals surface area contributed by atoms with Gasteiger partial charge in [-0.25, -0.2) is 0 Å². The number of rotatable bonds is 9. The Kier molecular flexibility index (Phi) is 8.32. The van der Waals surface area contributed by atoms with Crippen molar-refractivity contribution in [1.82, 2.24) is 5.32 Å². The number of nitrogens with one attached hydrogen (secondary N) is 1. The molecule has 17 heavy (non-hydrogen) atoms. The van der Waals surface area contributed by atoms with Crippen LogP contribution in [0.5, 0.6) is 0 Å². The number of halogens is 1. The van der Waals surface area contributed by atoms with Gasteiger partial charge in [-0.3, -0.25) is 0 Å². The van der Waals surface area contributed by atoms with Crippen molar-refractivity contribution in [2.45, 2.75) is 32.7 Å². The van der Waals surface area contributed by atoms with Crippen LogP contribution in [0.15, 0.2) is 28.7 Å². The normalized spacial score (nSPS) is 10.7. The fourth-order valence-electron chi connectivity index (χ4n) is 1.53. The summed E-state index contributed by atoms with van der Waals surface area (Å²) in [5.41, 5.74) is 1.31. The lowest BCUT2D eigenvalue weighted by Gasteiger charge is -2.06. The molecule has 0 fully saturated rings. The molecule has 1 aromatic carbocycles. The van der Waals surface area contributed by atoms with Gasteiger partial charge in [-0.2, -0.15) is 0 Å². The summed E-state index contributed by atoms with van der Waals surface area (Å²) in [7, 11) is 0. The highest BCUT2D eigenvalue weighted by atomic mass is 79.9. The van der Waals surface area contributed by atoms with Gasteiger partial charge >= 0.3 is 0 Å². The van der Waals surface area contributed by atoms with Gasteiger partial charge in [0.25, 0.3) is 0 Å². The van der Waals surface area contributed by atoms with E-state index in [0.29, 0.717) is 0 Å². The molecule has 0 saturated carbocycles. The number of ether oxygens (including phenoxy) is 1. The number of hydrogen-bond acceptors (Lipinski definition) is 2. The summed E-state index contributed by atoms with van der Waals surface area (Å²) in [6.07, 6.45) is 3.46. The van der Waals surface area contributed by atoms with Crippen LogP contribution >= 0.6 is 15.9 Å². The van der Waals surface area contributed by atoms with Gasteiger partial charge in [-0.05, 0) is 37.1 Å². The summed E-state index contributed by atoms with van der Waals surface area (Å²) in [5.74, 6) is 0. The zero-order valence-electron chi connectivity index (χ0n) is 10.5. The molecule has 96 valence electrons. The summed E-state index contributed by atoms with van der Waals surface area (Å²) in [6.45, 7) is 5.89. The van der Waals surface area contributed by atoms with Crippen molar-refractivity contribution < 1.29 is 4.74 Å². The second-order valence-electron chi connectivity index (χ2n) is 4.13. The van der Waals surface area contributed by atoms with E-state index < -0.39 is 0 Å². The molecule has 0 heterocycles. The van der Waals surface area contributed by atoms with Gasteiger partial charge in [-0.15, -0.1) is 0 Å². The standard InChI is InChI=1S/C14H22BrNO/c1-2-3-9-17-10-5-8-16-12-13-6-4-7-14(15)11-13/h4,6-7,11,16H,2-3,5,8-10,12H2,1H3. The van der Waals surface area contributed by atoms with Crippen LogP contribution in [0.3, 0.4) is 0 Å². The van der Waals surface area contributed by atoms with E-state index in [4.69, 9.17) is 4.74 Å². The van der Waals surface area contributed by atoms with Crippen LogP contribution in [0.4, 0.5) is 0 Å². The van der Waals surface area contributed by atoms with Crippen molar-refractivity contribution in [2.75, 3.05) is 19.8 Å². The zero-order chi connectivity index (χ0) is 12.3. The van der Waals surface area contributed by atoms with Gasteiger partial charge < -0.3 is 10.1 Å². The van der Waals surface area contributed by atoms with Gasteiger partial charge in [0.05, 0.1) is 0 Å². The molecule has 1 rings (SSSR count). The van der Waals surface area contributed by atoms with Crippen LogP contribution in [0.25, 0.3) is 0 Å². The van der Waals surface area contributed by atoms with Crippen molar-refractivity contribution in [3.63, 3.8) is 0 Å². The minimum atomic E-state index is 0.867.